The third kappa shape index (κ3) is 2.99. The predicted molar refractivity (Wildman–Crippen MR) is 131 cm³/mol. The molecule has 5 rings (SSSR count). The average Bonchev–Trinajstić information content (AvgIpc) is 3.20. The summed E-state index contributed by atoms with van der Waals surface area (Å²) in [6.45, 7) is 16.2. The highest BCUT2D eigenvalue weighted by molar-refractivity contribution is 5.92. The second kappa shape index (κ2) is 7.18. The van der Waals surface area contributed by atoms with Gasteiger partial charge < -0.3 is 4.74 Å². The summed E-state index contributed by atoms with van der Waals surface area (Å²) in [7, 11) is 0. The first-order chi connectivity index (χ1) is 15.3. The Morgan fingerprint density at radius 3 is 2.45 bits per heavy atom. The Morgan fingerprint density at radius 1 is 1.06 bits per heavy atom. The number of ketones is 1. The number of allylic oxidation sites excluding steroid dienone is 4. The fraction of sp³-hybridized carbons (Fsp3) is 0.733. The van der Waals surface area contributed by atoms with Crippen LogP contribution in [-0.2, 0) is 14.3 Å². The molecule has 1 aliphatic heterocycles. The zero-order chi connectivity index (χ0) is 24.0. The van der Waals surface area contributed by atoms with Crippen LogP contribution in [0.15, 0.2) is 35.1 Å². The Bertz CT molecular complexity index is 996. The van der Waals surface area contributed by atoms with Crippen LogP contribution in [0, 0.1) is 45.3 Å². The average molecular weight is 451 g/mol. The van der Waals surface area contributed by atoms with Gasteiger partial charge in [-0.2, -0.15) is 0 Å². The molecule has 0 radical (unpaired) electrons. The molecule has 5 aliphatic rings. The Kier molecular flexibility index (Phi) is 5.03. The smallest absolute Gasteiger partial charge is 0.339 e. The van der Waals surface area contributed by atoms with Gasteiger partial charge in [0, 0.05) is 17.4 Å². The van der Waals surface area contributed by atoms with Crippen LogP contribution >= 0.6 is 0 Å². The summed E-state index contributed by atoms with van der Waals surface area (Å²) < 4.78 is 5.48. The van der Waals surface area contributed by atoms with Gasteiger partial charge in [0.05, 0.1) is 0 Å². The number of ether oxygens (including phenoxy) is 1. The number of rotatable bonds is 2. The fourth-order valence-corrected chi connectivity index (χ4v) is 9.34. The van der Waals surface area contributed by atoms with Crippen LogP contribution in [-0.4, -0.2) is 11.8 Å². The van der Waals surface area contributed by atoms with E-state index in [1.54, 1.807) is 5.57 Å². The Morgan fingerprint density at radius 2 is 1.79 bits per heavy atom. The molecular weight excluding hydrogens is 408 g/mol. The summed E-state index contributed by atoms with van der Waals surface area (Å²) in [6.07, 6.45) is 14.5. The van der Waals surface area contributed by atoms with Gasteiger partial charge in [0.1, 0.15) is 11.5 Å². The van der Waals surface area contributed by atoms with E-state index in [2.05, 4.69) is 53.7 Å². The Hall–Kier alpha value is -1.64. The topological polar surface area (TPSA) is 43.4 Å². The summed E-state index contributed by atoms with van der Waals surface area (Å²) in [5.74, 6) is 3.01. The van der Waals surface area contributed by atoms with E-state index in [-0.39, 0.29) is 27.6 Å². The molecule has 0 N–H and O–H groups in total. The van der Waals surface area contributed by atoms with Gasteiger partial charge in [0.15, 0.2) is 0 Å². The standard InChI is InChI=1S/C30H42O3/c1-18(16-20-17-19(2)26(32)33-20)21-10-14-30(7)23-8-9-24-27(3,4)25(31)12-13-28(24,5)22(23)11-15-29(21,30)6/h8,16-18,21-22,24H,9-15H2,1-7H3/t18-,21-,22-,24?,28-,29-,30+/m1/s1. The number of cyclic esters (lactones) is 1. The molecule has 0 aromatic carbocycles. The highest BCUT2D eigenvalue weighted by Crippen LogP contribution is 2.73. The number of carbonyl (C=O) groups is 2. The lowest BCUT2D eigenvalue weighted by Crippen LogP contribution is -2.57. The quantitative estimate of drug-likeness (QED) is 0.330. The van der Waals surface area contributed by atoms with Crippen LogP contribution in [0.5, 0.6) is 0 Å². The van der Waals surface area contributed by atoms with Gasteiger partial charge in [-0.25, -0.2) is 4.79 Å². The maximum Gasteiger partial charge on any atom is 0.339 e. The normalized spacial score (nSPS) is 46.2. The first-order valence-electron chi connectivity index (χ1n) is 13.2. The monoisotopic (exact) mass is 450 g/mol. The lowest BCUT2D eigenvalue weighted by molar-refractivity contribution is -0.146. The lowest BCUT2D eigenvalue weighted by atomic mass is 9.41. The van der Waals surface area contributed by atoms with Gasteiger partial charge in [-0.1, -0.05) is 53.2 Å². The van der Waals surface area contributed by atoms with E-state index in [1.165, 1.54) is 25.7 Å². The summed E-state index contributed by atoms with van der Waals surface area (Å²) in [5.41, 5.74) is 2.89. The minimum absolute atomic E-state index is 0.208. The van der Waals surface area contributed by atoms with E-state index in [0.717, 1.165) is 25.0 Å². The fourth-order valence-electron chi connectivity index (χ4n) is 9.34. The van der Waals surface area contributed by atoms with Crippen LogP contribution in [0.2, 0.25) is 0 Å². The van der Waals surface area contributed by atoms with E-state index < -0.39 is 0 Å². The number of esters is 1. The number of fused-ring (bicyclic) bond motifs is 5. The molecule has 180 valence electrons. The highest BCUT2D eigenvalue weighted by atomic mass is 16.5. The molecule has 1 unspecified atom stereocenters. The van der Waals surface area contributed by atoms with E-state index in [4.69, 9.17) is 4.74 Å². The first kappa shape index (κ1) is 23.1. The minimum atomic E-state index is -0.208. The zero-order valence-corrected chi connectivity index (χ0v) is 21.7. The van der Waals surface area contributed by atoms with Gasteiger partial charge >= 0.3 is 5.97 Å². The molecule has 0 saturated heterocycles. The molecule has 0 amide bonds. The molecule has 0 spiro atoms. The van der Waals surface area contributed by atoms with Crippen LogP contribution in [0.25, 0.3) is 0 Å². The molecule has 3 heteroatoms. The molecule has 4 aliphatic carbocycles. The van der Waals surface area contributed by atoms with Crippen molar-refractivity contribution >= 4 is 11.8 Å². The van der Waals surface area contributed by atoms with E-state index >= 15 is 0 Å². The molecule has 0 aromatic rings. The van der Waals surface area contributed by atoms with Crippen molar-refractivity contribution in [1.82, 2.24) is 0 Å². The summed E-state index contributed by atoms with van der Waals surface area (Å²) in [6, 6.07) is 0. The van der Waals surface area contributed by atoms with Crippen LogP contribution in [0.1, 0.15) is 93.4 Å². The minimum Gasteiger partial charge on any atom is -0.423 e. The van der Waals surface area contributed by atoms with Crippen molar-refractivity contribution in [3.8, 4) is 0 Å². The zero-order valence-electron chi connectivity index (χ0n) is 21.7. The van der Waals surface area contributed by atoms with E-state index in [9.17, 15) is 9.59 Å². The number of carbonyl (C=O) groups excluding carboxylic acids is 2. The van der Waals surface area contributed by atoms with E-state index in [0.29, 0.717) is 35.0 Å². The molecule has 1 heterocycles. The molecule has 3 fully saturated rings. The molecule has 7 atom stereocenters. The van der Waals surface area contributed by atoms with Crippen molar-refractivity contribution in [2.75, 3.05) is 0 Å². The summed E-state index contributed by atoms with van der Waals surface area (Å²) in [4.78, 5) is 24.6. The predicted octanol–water partition coefficient (Wildman–Crippen LogP) is 7.18. The van der Waals surface area contributed by atoms with Crippen molar-refractivity contribution in [2.24, 2.45) is 45.3 Å². The molecule has 3 saturated carbocycles. The third-order valence-electron chi connectivity index (χ3n) is 11.6. The first-order valence-corrected chi connectivity index (χ1v) is 13.2. The maximum absolute atomic E-state index is 12.8. The van der Waals surface area contributed by atoms with Crippen molar-refractivity contribution in [1.29, 1.82) is 0 Å². The maximum atomic E-state index is 12.8. The number of hydrogen-bond acceptors (Lipinski definition) is 3. The SMILES string of the molecule is CC1=CC(=C[C@@H](C)[C@H]2CC[C@@]3(C)C4=CCC5C(C)(C)C(=O)CC[C@]5(C)[C@@H]4CC[C@]23C)OC1=O. The second-order valence-corrected chi connectivity index (χ2v) is 13.2. The summed E-state index contributed by atoms with van der Waals surface area (Å²) in [5, 5.41) is 0. The number of hydrogen-bond donors (Lipinski definition) is 0. The van der Waals surface area contributed by atoms with Crippen LogP contribution < -0.4 is 0 Å². The van der Waals surface area contributed by atoms with Crippen LogP contribution in [0.3, 0.4) is 0 Å². The molecule has 0 bridgehead atoms. The molecule has 33 heavy (non-hydrogen) atoms. The van der Waals surface area contributed by atoms with Gasteiger partial charge in [0.2, 0.25) is 0 Å². The van der Waals surface area contributed by atoms with Crippen molar-refractivity contribution < 1.29 is 14.3 Å². The Labute approximate surface area is 200 Å². The van der Waals surface area contributed by atoms with Gasteiger partial charge in [-0.3, -0.25) is 4.79 Å². The lowest BCUT2D eigenvalue weighted by Gasteiger charge is -2.63. The van der Waals surface area contributed by atoms with Crippen molar-refractivity contribution in [3.05, 3.63) is 35.1 Å². The van der Waals surface area contributed by atoms with E-state index in [1.807, 2.05) is 13.0 Å². The number of Topliss-reactive ketones (excluding diaryl/α,β-unsaturated/α-hetero) is 1. The van der Waals surface area contributed by atoms with Crippen molar-refractivity contribution in [3.63, 3.8) is 0 Å². The van der Waals surface area contributed by atoms with Gasteiger partial charge in [-0.05, 0) is 97.5 Å². The van der Waals surface area contributed by atoms with Crippen LogP contribution in [0.4, 0.5) is 0 Å². The largest absolute Gasteiger partial charge is 0.423 e. The summed E-state index contributed by atoms with van der Waals surface area (Å²) >= 11 is 0. The third-order valence-corrected chi connectivity index (χ3v) is 11.6. The van der Waals surface area contributed by atoms with Gasteiger partial charge in [0.25, 0.3) is 0 Å². The van der Waals surface area contributed by atoms with Crippen molar-refractivity contribution in [2.45, 2.75) is 93.4 Å². The molecule has 3 nitrogen and oxygen atoms in total. The molecule has 0 aromatic heterocycles. The molecular formula is C30H42O3. The Balaban J connectivity index is 1.47. The second-order valence-electron chi connectivity index (χ2n) is 13.2. The van der Waals surface area contributed by atoms with Gasteiger partial charge in [-0.15, -0.1) is 0 Å². The highest BCUT2D eigenvalue weighted by Gasteiger charge is 2.65.